The fraction of sp³-hybridized carbons (Fsp3) is 0.735. The van der Waals surface area contributed by atoms with Crippen molar-refractivity contribution in [1.82, 2.24) is 47.9 Å². The second-order valence-electron chi connectivity index (χ2n) is 20.6. The average Bonchev–Trinajstić information content (AvgIpc) is 3.34. The number of amides is 11. The number of aliphatic carboxylic acids is 2. The van der Waals surface area contributed by atoms with Gasteiger partial charge in [0.1, 0.15) is 54.4 Å². The molecule has 0 aliphatic carbocycles. The van der Waals surface area contributed by atoms with Crippen molar-refractivity contribution < 1.29 is 87.9 Å². The summed E-state index contributed by atoms with van der Waals surface area (Å²) in [5, 5.41) is 69.8. The Morgan fingerprint density at radius 3 is 0.975 bits per heavy atom. The normalized spacial score (nSPS) is 15.8. The van der Waals surface area contributed by atoms with Gasteiger partial charge in [-0.05, 0) is 88.6 Å². The van der Waals surface area contributed by atoms with Gasteiger partial charge in [0.05, 0.1) is 18.8 Å². The molecule has 12 atom stereocenters. The minimum Gasteiger partial charge on any atom is -0.481 e. The molecule has 31 heteroatoms. The van der Waals surface area contributed by atoms with Gasteiger partial charge in [-0.3, -0.25) is 57.5 Å². The fourth-order valence-corrected chi connectivity index (χ4v) is 7.96. The number of aliphatic hydroxyl groups excluding tert-OH is 3. The zero-order chi connectivity index (χ0) is 61.7. The van der Waals surface area contributed by atoms with E-state index in [9.17, 15) is 87.9 Å². The molecule has 0 spiro atoms. The Morgan fingerprint density at radius 2 is 0.700 bits per heavy atom. The minimum atomic E-state index is -1.83. The maximum absolute atomic E-state index is 14.3. The summed E-state index contributed by atoms with van der Waals surface area (Å²) in [6.07, 6.45) is -4.27. The summed E-state index contributed by atoms with van der Waals surface area (Å²) in [5.74, 6) is -14.4. The predicted molar refractivity (Wildman–Crippen MR) is 289 cm³/mol. The highest BCUT2D eigenvalue weighted by molar-refractivity contribution is 7.98. The molecule has 30 nitrogen and oxygen atoms in total. The van der Waals surface area contributed by atoms with Gasteiger partial charge in [-0.2, -0.15) is 11.8 Å². The summed E-state index contributed by atoms with van der Waals surface area (Å²) in [6.45, 7) is 11.5. The molecule has 0 fully saturated rings. The fourth-order valence-electron chi connectivity index (χ4n) is 7.49. The van der Waals surface area contributed by atoms with Crippen molar-refractivity contribution in [2.24, 2.45) is 35.0 Å². The van der Waals surface area contributed by atoms with E-state index >= 15 is 0 Å². The van der Waals surface area contributed by atoms with Crippen molar-refractivity contribution in [2.45, 2.75) is 192 Å². The quantitative estimate of drug-likeness (QED) is 0.0273. The van der Waals surface area contributed by atoms with Crippen molar-refractivity contribution in [3.05, 3.63) is 0 Å². The molecule has 0 saturated heterocycles. The van der Waals surface area contributed by atoms with E-state index in [2.05, 4.69) is 42.5 Å². The zero-order valence-electron chi connectivity index (χ0n) is 46.8. The monoisotopic (exact) mass is 1160 g/mol. The van der Waals surface area contributed by atoms with Crippen LogP contribution < -0.4 is 65.1 Å². The van der Waals surface area contributed by atoms with E-state index in [-0.39, 0.29) is 49.2 Å². The van der Waals surface area contributed by atoms with Crippen LogP contribution in [0, 0.1) is 17.8 Å². The lowest BCUT2D eigenvalue weighted by molar-refractivity contribution is -0.145. The second kappa shape index (κ2) is 37.3. The van der Waals surface area contributed by atoms with Gasteiger partial charge in [-0.25, -0.2) is 4.79 Å². The van der Waals surface area contributed by atoms with E-state index < -0.39 is 195 Å². The number of carbonyl (C=O) groups excluding carboxylic acids is 11. The number of aliphatic hydroxyl groups is 3. The van der Waals surface area contributed by atoms with Gasteiger partial charge < -0.3 is 90.6 Å². The molecule has 0 unspecified atom stereocenters. The van der Waals surface area contributed by atoms with Crippen LogP contribution >= 0.6 is 11.8 Å². The molecule has 0 radical (unpaired) electrons. The molecule has 0 aromatic heterocycles. The van der Waals surface area contributed by atoms with E-state index in [1.165, 1.54) is 18.7 Å². The van der Waals surface area contributed by atoms with Crippen LogP contribution in [-0.2, 0) is 62.3 Å². The van der Waals surface area contributed by atoms with E-state index in [1.54, 1.807) is 47.8 Å². The smallest absolute Gasteiger partial charge is 0.328 e. The predicted octanol–water partition coefficient (Wildman–Crippen LogP) is -5.20. The summed E-state index contributed by atoms with van der Waals surface area (Å²) < 4.78 is 0. The number of thioether (sulfide) groups is 1. The van der Waals surface area contributed by atoms with Crippen LogP contribution in [0.2, 0.25) is 0 Å². The number of carboxylic acids is 2. The molecular formula is C49H86N12O18S. The van der Waals surface area contributed by atoms with Crippen molar-refractivity contribution in [1.29, 1.82) is 0 Å². The Labute approximate surface area is 468 Å². The topological polar surface area (TPSA) is 509 Å². The van der Waals surface area contributed by atoms with Crippen LogP contribution in [0.1, 0.15) is 120 Å². The molecule has 0 aromatic rings. The Balaban J connectivity index is 6.86. The molecule has 80 heavy (non-hydrogen) atoms. The summed E-state index contributed by atoms with van der Waals surface area (Å²) >= 11 is 1.28. The summed E-state index contributed by atoms with van der Waals surface area (Å²) in [6, 6.07) is -15.5. The number of rotatable bonds is 40. The molecule has 0 saturated carbocycles. The number of carboxylic acid groups (broad SMARTS) is 2. The molecule has 0 heterocycles. The highest BCUT2D eigenvalue weighted by Crippen LogP contribution is 2.14. The number of primary amides is 2. The van der Waals surface area contributed by atoms with Crippen LogP contribution in [0.15, 0.2) is 0 Å². The summed E-state index contributed by atoms with van der Waals surface area (Å²) in [5.41, 5.74) is 16.5. The van der Waals surface area contributed by atoms with Gasteiger partial charge in [-0.1, -0.05) is 41.5 Å². The number of nitrogens with two attached hydrogens (primary N) is 3. The lowest BCUT2D eigenvalue weighted by Gasteiger charge is -2.29. The first-order chi connectivity index (χ1) is 37.1. The van der Waals surface area contributed by atoms with Crippen LogP contribution in [0.3, 0.4) is 0 Å². The van der Waals surface area contributed by atoms with Crippen molar-refractivity contribution in [2.75, 3.05) is 18.6 Å². The SMILES string of the molecule is CSCC[C@H](NC(=O)[C@H](CC(C)C)NC(=O)[C@H](CC(C)C)NC(=O)[C@H](CCC(N)=O)NC(=O)[C@H](CC(C)C)NC(=O)[C@H](CCC(=O)O)NC(=O)[C@@H](N)[C@@H](C)O)C(=O)N[C@@H](CCC(N)=O)C(=O)N[C@@H](CO)C(=O)N[C@H](C(=O)O)[C@@H](C)O. The number of hydrogen-bond acceptors (Lipinski definition) is 18. The molecule has 11 amide bonds. The largest absolute Gasteiger partial charge is 0.481 e. The first-order valence-electron chi connectivity index (χ1n) is 26.1. The molecule has 0 aliphatic heterocycles. The average molecular weight is 1160 g/mol. The van der Waals surface area contributed by atoms with Gasteiger partial charge in [-0.15, -0.1) is 0 Å². The lowest BCUT2D eigenvalue weighted by Crippen LogP contribution is -2.61. The minimum absolute atomic E-state index is 0.0305. The van der Waals surface area contributed by atoms with Crippen LogP contribution in [0.5, 0.6) is 0 Å². The van der Waals surface area contributed by atoms with Gasteiger partial charge in [0, 0.05) is 19.3 Å². The molecule has 20 N–H and O–H groups in total. The summed E-state index contributed by atoms with van der Waals surface area (Å²) in [4.78, 5) is 170. The third-order valence-electron chi connectivity index (χ3n) is 11.9. The van der Waals surface area contributed by atoms with Gasteiger partial charge in [0.15, 0.2) is 6.04 Å². The second-order valence-corrected chi connectivity index (χ2v) is 21.6. The Kier molecular flexibility index (Phi) is 34.2. The lowest BCUT2D eigenvalue weighted by atomic mass is 9.99. The number of nitrogens with one attached hydrogen (secondary N) is 9. The van der Waals surface area contributed by atoms with E-state index in [0.717, 1.165) is 6.92 Å². The highest BCUT2D eigenvalue weighted by atomic mass is 32.2. The third-order valence-corrected chi connectivity index (χ3v) is 12.5. The molecule has 0 bridgehead atoms. The third kappa shape index (κ3) is 29.0. The first-order valence-corrected chi connectivity index (χ1v) is 27.5. The van der Waals surface area contributed by atoms with Gasteiger partial charge in [0.2, 0.25) is 65.0 Å². The van der Waals surface area contributed by atoms with E-state index in [1.807, 2.05) is 5.32 Å². The summed E-state index contributed by atoms with van der Waals surface area (Å²) in [7, 11) is 0. The first kappa shape index (κ1) is 73.3. The van der Waals surface area contributed by atoms with Crippen molar-refractivity contribution >= 4 is 88.7 Å². The maximum Gasteiger partial charge on any atom is 0.328 e. The van der Waals surface area contributed by atoms with E-state index in [0.29, 0.717) is 0 Å². The number of hydrogen-bond donors (Lipinski definition) is 17. The van der Waals surface area contributed by atoms with Crippen molar-refractivity contribution in [3.63, 3.8) is 0 Å². The Hall–Kier alpha value is -6.70. The van der Waals surface area contributed by atoms with Crippen molar-refractivity contribution in [3.8, 4) is 0 Å². The molecule has 0 aromatic carbocycles. The maximum atomic E-state index is 14.3. The van der Waals surface area contributed by atoms with Gasteiger partial charge in [0.25, 0.3) is 0 Å². The molecular weight excluding hydrogens is 1080 g/mol. The van der Waals surface area contributed by atoms with Crippen LogP contribution in [0.25, 0.3) is 0 Å². The standard InChI is InChI=1S/C49H86N12O18S/c1-22(2)18-31(57-41(70)29(12-15-37(67)68)56-48(77)38(52)25(7)63)44(73)54-27(10-13-35(50)65)40(69)58-33(20-24(5)6)46(75)59-32(19-23(3)4)45(74)55-30(16-17-80-9)43(72)53-28(11-14-36(51)66)42(71)60-34(21-62)47(76)61-39(26(8)64)49(78)79/h22-34,38-39,62-64H,10-21,52H2,1-9H3,(H2,50,65)(H2,51,66)(H,53,72)(H,54,73)(H,55,74)(H,56,77)(H,57,70)(H,58,69)(H,59,75)(H,60,71)(H,61,76)(H,67,68)(H,78,79)/t25-,26-,27+,28+,29+,30+,31+,32+,33+,34+,38+,39+/m1/s1. The highest BCUT2D eigenvalue weighted by Gasteiger charge is 2.37. The molecule has 0 rings (SSSR count). The van der Waals surface area contributed by atoms with Crippen LogP contribution in [-0.4, -0.2) is 194 Å². The molecule has 456 valence electrons. The zero-order valence-corrected chi connectivity index (χ0v) is 47.6. The van der Waals surface area contributed by atoms with Crippen LogP contribution in [0.4, 0.5) is 0 Å². The van der Waals surface area contributed by atoms with E-state index in [4.69, 9.17) is 17.2 Å². The number of carbonyl (C=O) groups is 13. The Morgan fingerprint density at radius 1 is 0.412 bits per heavy atom. The molecule has 0 aliphatic rings. The Bertz CT molecular complexity index is 2130. The van der Waals surface area contributed by atoms with Gasteiger partial charge >= 0.3 is 11.9 Å².